The van der Waals surface area contributed by atoms with E-state index in [1.165, 1.54) is 6.07 Å². The third kappa shape index (κ3) is 4.67. The first kappa shape index (κ1) is 16.7. The molecule has 0 saturated heterocycles. The van der Waals surface area contributed by atoms with Crippen molar-refractivity contribution in [3.8, 4) is 0 Å². The fourth-order valence-electron chi connectivity index (χ4n) is 2.48. The van der Waals surface area contributed by atoms with Gasteiger partial charge in [0.25, 0.3) is 0 Å². The van der Waals surface area contributed by atoms with Gasteiger partial charge in [0, 0.05) is 18.8 Å². The highest BCUT2D eigenvalue weighted by molar-refractivity contribution is 5.91. The van der Waals surface area contributed by atoms with Gasteiger partial charge in [-0.25, -0.2) is 4.79 Å². The summed E-state index contributed by atoms with van der Waals surface area (Å²) in [5.74, 6) is -1.19. The van der Waals surface area contributed by atoms with E-state index in [-0.39, 0.29) is 17.9 Å². The molecule has 0 unspecified atom stereocenters. The summed E-state index contributed by atoms with van der Waals surface area (Å²) < 4.78 is 1.92. The van der Waals surface area contributed by atoms with Crippen LogP contribution in [0.1, 0.15) is 33.7 Å². The number of nitrogens with zero attached hydrogens (tertiary/aromatic N) is 2. The number of rotatable bonds is 7. The molecular formula is C17H21N3O3. The van der Waals surface area contributed by atoms with Gasteiger partial charge >= 0.3 is 5.97 Å². The molecule has 0 spiro atoms. The van der Waals surface area contributed by atoms with Gasteiger partial charge in [-0.1, -0.05) is 18.2 Å². The van der Waals surface area contributed by atoms with Crippen molar-refractivity contribution in [2.75, 3.05) is 6.54 Å². The lowest BCUT2D eigenvalue weighted by atomic mass is 10.0. The number of aryl methyl sites for hydroxylation is 3. The number of benzene rings is 1. The van der Waals surface area contributed by atoms with Crippen LogP contribution in [0.5, 0.6) is 0 Å². The molecule has 0 aliphatic carbocycles. The Bertz CT molecular complexity index is 707. The Morgan fingerprint density at radius 3 is 2.65 bits per heavy atom. The van der Waals surface area contributed by atoms with Gasteiger partial charge in [0.2, 0.25) is 5.91 Å². The number of carboxylic acid groups (broad SMARTS) is 1. The van der Waals surface area contributed by atoms with Crippen LogP contribution in [0.15, 0.2) is 30.3 Å². The van der Waals surface area contributed by atoms with E-state index in [9.17, 15) is 9.59 Å². The lowest BCUT2D eigenvalue weighted by Gasteiger charge is -2.08. The fourth-order valence-corrected chi connectivity index (χ4v) is 2.48. The molecule has 0 radical (unpaired) electrons. The summed E-state index contributed by atoms with van der Waals surface area (Å²) in [4.78, 5) is 23.1. The normalized spacial score (nSPS) is 10.5. The van der Waals surface area contributed by atoms with Crippen LogP contribution in [-0.2, 0) is 17.8 Å². The van der Waals surface area contributed by atoms with Gasteiger partial charge in [-0.2, -0.15) is 5.10 Å². The van der Waals surface area contributed by atoms with Gasteiger partial charge in [-0.15, -0.1) is 0 Å². The zero-order valence-electron chi connectivity index (χ0n) is 13.4. The molecule has 0 fully saturated rings. The third-order valence-electron chi connectivity index (χ3n) is 3.57. The number of hydrogen-bond donors (Lipinski definition) is 2. The molecule has 23 heavy (non-hydrogen) atoms. The van der Waals surface area contributed by atoms with Crippen molar-refractivity contribution >= 4 is 11.9 Å². The summed E-state index contributed by atoms with van der Waals surface area (Å²) in [7, 11) is 0. The number of hydrogen-bond acceptors (Lipinski definition) is 3. The summed E-state index contributed by atoms with van der Waals surface area (Å²) in [6.45, 7) is 5.23. The first-order valence-corrected chi connectivity index (χ1v) is 7.56. The van der Waals surface area contributed by atoms with Crippen molar-refractivity contribution in [3.63, 3.8) is 0 Å². The minimum absolute atomic E-state index is 0.0718. The molecule has 1 aromatic heterocycles. The van der Waals surface area contributed by atoms with Gasteiger partial charge < -0.3 is 10.4 Å². The fraction of sp³-hybridized carbons (Fsp3) is 0.353. The van der Waals surface area contributed by atoms with Crippen molar-refractivity contribution in [2.45, 2.75) is 33.2 Å². The highest BCUT2D eigenvalue weighted by Gasteiger charge is 2.12. The zero-order valence-corrected chi connectivity index (χ0v) is 13.4. The molecule has 1 heterocycles. The number of amides is 1. The second kappa shape index (κ2) is 7.58. The van der Waals surface area contributed by atoms with Crippen molar-refractivity contribution in [2.24, 2.45) is 0 Å². The number of carbonyl (C=O) groups is 2. The predicted molar refractivity (Wildman–Crippen MR) is 86.4 cm³/mol. The van der Waals surface area contributed by atoms with E-state index in [1.807, 2.05) is 24.6 Å². The molecule has 2 aromatic rings. The molecule has 1 amide bonds. The number of aromatic nitrogens is 2. The topological polar surface area (TPSA) is 84.2 Å². The summed E-state index contributed by atoms with van der Waals surface area (Å²) >= 11 is 0. The van der Waals surface area contributed by atoms with Crippen LogP contribution in [0.25, 0.3) is 0 Å². The Morgan fingerprint density at radius 2 is 2.00 bits per heavy atom. The van der Waals surface area contributed by atoms with Gasteiger partial charge in [-0.3, -0.25) is 9.48 Å². The number of aromatic carboxylic acids is 1. The minimum Gasteiger partial charge on any atom is -0.478 e. The molecule has 0 saturated carbocycles. The Morgan fingerprint density at radius 1 is 1.26 bits per heavy atom. The molecule has 0 bridgehead atoms. The maximum absolute atomic E-state index is 11.9. The predicted octanol–water partition coefficient (Wildman–Crippen LogP) is 1.95. The molecular weight excluding hydrogens is 294 g/mol. The SMILES string of the molecule is Cc1cc(C)n(CCCNC(=O)Cc2ccccc2C(=O)O)n1. The van der Waals surface area contributed by atoms with E-state index in [0.717, 1.165) is 24.4 Å². The largest absolute Gasteiger partial charge is 0.478 e. The molecule has 6 nitrogen and oxygen atoms in total. The Hall–Kier alpha value is -2.63. The molecule has 0 aliphatic heterocycles. The second-order valence-corrected chi connectivity index (χ2v) is 5.49. The number of carboxylic acids is 1. The third-order valence-corrected chi connectivity index (χ3v) is 3.57. The van der Waals surface area contributed by atoms with Gasteiger partial charge in [0.05, 0.1) is 17.7 Å². The second-order valence-electron chi connectivity index (χ2n) is 5.49. The van der Waals surface area contributed by atoms with Crippen molar-refractivity contribution in [3.05, 3.63) is 52.8 Å². The lowest BCUT2D eigenvalue weighted by Crippen LogP contribution is -2.27. The Labute approximate surface area is 135 Å². The van der Waals surface area contributed by atoms with Crippen LogP contribution in [0.2, 0.25) is 0 Å². The Kier molecular flexibility index (Phi) is 5.51. The smallest absolute Gasteiger partial charge is 0.335 e. The van der Waals surface area contributed by atoms with Crippen molar-refractivity contribution in [1.29, 1.82) is 0 Å². The molecule has 122 valence electrons. The molecule has 2 N–H and O–H groups in total. The molecule has 2 rings (SSSR count). The standard InChI is InChI=1S/C17H21N3O3/c1-12-10-13(2)20(19-12)9-5-8-18-16(21)11-14-6-3-4-7-15(14)17(22)23/h3-4,6-7,10H,5,8-9,11H2,1-2H3,(H,18,21)(H,22,23). The highest BCUT2D eigenvalue weighted by Crippen LogP contribution is 2.09. The lowest BCUT2D eigenvalue weighted by molar-refractivity contribution is -0.120. The molecule has 0 aliphatic rings. The Balaban J connectivity index is 1.80. The maximum atomic E-state index is 11.9. The summed E-state index contributed by atoms with van der Waals surface area (Å²) in [6, 6.07) is 8.57. The minimum atomic E-state index is -1.02. The van der Waals surface area contributed by atoms with Crippen LogP contribution >= 0.6 is 0 Å². The van der Waals surface area contributed by atoms with Crippen LogP contribution in [0.4, 0.5) is 0 Å². The van der Waals surface area contributed by atoms with Gasteiger partial charge in [0.15, 0.2) is 0 Å². The van der Waals surface area contributed by atoms with E-state index in [4.69, 9.17) is 5.11 Å². The average molecular weight is 315 g/mol. The quantitative estimate of drug-likeness (QED) is 0.765. The zero-order chi connectivity index (χ0) is 16.8. The van der Waals surface area contributed by atoms with Crippen LogP contribution in [0, 0.1) is 13.8 Å². The maximum Gasteiger partial charge on any atom is 0.335 e. The molecule has 6 heteroatoms. The van der Waals surface area contributed by atoms with E-state index < -0.39 is 5.97 Å². The summed E-state index contributed by atoms with van der Waals surface area (Å²) in [5, 5.41) is 16.3. The van der Waals surface area contributed by atoms with Crippen LogP contribution in [-0.4, -0.2) is 33.3 Å². The van der Waals surface area contributed by atoms with Crippen LogP contribution < -0.4 is 5.32 Å². The molecule has 0 atom stereocenters. The molecule has 1 aromatic carbocycles. The first-order chi connectivity index (χ1) is 11.0. The monoisotopic (exact) mass is 315 g/mol. The number of carbonyl (C=O) groups excluding carboxylic acids is 1. The van der Waals surface area contributed by atoms with E-state index in [1.54, 1.807) is 18.2 Å². The highest BCUT2D eigenvalue weighted by atomic mass is 16.4. The van der Waals surface area contributed by atoms with Gasteiger partial charge in [-0.05, 0) is 38.0 Å². The van der Waals surface area contributed by atoms with Crippen molar-refractivity contribution in [1.82, 2.24) is 15.1 Å². The van der Waals surface area contributed by atoms with E-state index in [0.29, 0.717) is 12.1 Å². The van der Waals surface area contributed by atoms with Crippen molar-refractivity contribution < 1.29 is 14.7 Å². The number of nitrogens with one attached hydrogen (secondary N) is 1. The van der Waals surface area contributed by atoms with E-state index >= 15 is 0 Å². The summed E-state index contributed by atoms with van der Waals surface area (Å²) in [5.41, 5.74) is 2.78. The van der Waals surface area contributed by atoms with Crippen LogP contribution in [0.3, 0.4) is 0 Å². The first-order valence-electron chi connectivity index (χ1n) is 7.56. The van der Waals surface area contributed by atoms with Gasteiger partial charge in [0.1, 0.15) is 0 Å². The average Bonchev–Trinajstić information content (AvgIpc) is 2.82. The summed E-state index contributed by atoms with van der Waals surface area (Å²) in [6.07, 6.45) is 0.844. The van der Waals surface area contributed by atoms with E-state index in [2.05, 4.69) is 10.4 Å².